The van der Waals surface area contributed by atoms with Gasteiger partial charge in [0.05, 0.1) is 5.56 Å². The molecular formula is C9H7NNaO2. The fraction of sp³-hybridized carbons (Fsp3) is 0. The van der Waals surface area contributed by atoms with Crippen LogP contribution >= 0.6 is 0 Å². The van der Waals surface area contributed by atoms with Crippen molar-refractivity contribution in [1.82, 2.24) is 4.98 Å². The zero-order valence-electron chi connectivity index (χ0n) is 7.24. The molecular weight excluding hydrogens is 177 g/mol. The molecule has 1 radical (unpaired) electrons. The molecule has 0 unspecified atom stereocenters. The third-order valence-electron chi connectivity index (χ3n) is 1.82. The van der Waals surface area contributed by atoms with Crippen LogP contribution in [0.1, 0.15) is 10.4 Å². The van der Waals surface area contributed by atoms with Gasteiger partial charge in [-0.3, -0.25) is 0 Å². The number of fused-ring (bicyclic) bond motifs is 1. The first kappa shape index (κ1) is 10.3. The van der Waals surface area contributed by atoms with E-state index >= 15 is 0 Å². The van der Waals surface area contributed by atoms with Gasteiger partial charge in [-0.2, -0.15) is 0 Å². The number of carboxylic acid groups (broad SMARTS) is 1. The molecule has 0 amide bonds. The van der Waals surface area contributed by atoms with Crippen LogP contribution in [0.2, 0.25) is 0 Å². The minimum atomic E-state index is -0.896. The number of carbonyl (C=O) groups is 1. The Balaban J connectivity index is 0.000000845. The van der Waals surface area contributed by atoms with Gasteiger partial charge in [0.15, 0.2) is 0 Å². The summed E-state index contributed by atoms with van der Waals surface area (Å²) in [5.74, 6) is -0.896. The monoisotopic (exact) mass is 184 g/mol. The van der Waals surface area contributed by atoms with Crippen LogP contribution in [0.5, 0.6) is 0 Å². The molecule has 0 saturated heterocycles. The summed E-state index contributed by atoms with van der Waals surface area (Å²) in [4.78, 5) is 13.5. The summed E-state index contributed by atoms with van der Waals surface area (Å²) in [6.45, 7) is 0. The van der Waals surface area contributed by atoms with Gasteiger partial charge in [-0.15, -0.1) is 0 Å². The molecule has 2 N–H and O–H groups in total. The summed E-state index contributed by atoms with van der Waals surface area (Å²) >= 11 is 0. The number of rotatable bonds is 1. The summed E-state index contributed by atoms with van der Waals surface area (Å²) in [6.07, 6.45) is 1.51. The number of hydrogen-bond acceptors (Lipinski definition) is 1. The minimum absolute atomic E-state index is 0. The van der Waals surface area contributed by atoms with Gasteiger partial charge >= 0.3 is 5.97 Å². The predicted octanol–water partition coefficient (Wildman–Crippen LogP) is 1.49. The zero-order chi connectivity index (χ0) is 8.55. The van der Waals surface area contributed by atoms with Gasteiger partial charge < -0.3 is 10.1 Å². The van der Waals surface area contributed by atoms with Crippen LogP contribution in [0.4, 0.5) is 0 Å². The molecule has 1 aromatic carbocycles. The van der Waals surface area contributed by atoms with Crippen LogP contribution in [-0.2, 0) is 0 Å². The van der Waals surface area contributed by atoms with Gasteiger partial charge in [0.25, 0.3) is 0 Å². The van der Waals surface area contributed by atoms with Gasteiger partial charge in [-0.05, 0) is 6.07 Å². The SMILES string of the molecule is O=C(O)c1c[nH]c2ccccc12.[Na]. The maximum atomic E-state index is 10.7. The minimum Gasteiger partial charge on any atom is -0.478 e. The maximum absolute atomic E-state index is 10.7. The molecule has 2 rings (SSSR count). The molecule has 13 heavy (non-hydrogen) atoms. The Morgan fingerprint density at radius 1 is 1.31 bits per heavy atom. The number of aromatic carboxylic acids is 1. The van der Waals surface area contributed by atoms with Gasteiger partial charge in [0.1, 0.15) is 0 Å². The molecule has 0 spiro atoms. The van der Waals surface area contributed by atoms with E-state index in [1.165, 1.54) is 6.20 Å². The van der Waals surface area contributed by atoms with E-state index in [1.807, 2.05) is 18.2 Å². The van der Waals surface area contributed by atoms with E-state index in [2.05, 4.69) is 4.98 Å². The predicted molar refractivity (Wildman–Crippen MR) is 51.0 cm³/mol. The number of benzene rings is 1. The number of aromatic amines is 1. The van der Waals surface area contributed by atoms with E-state index in [0.717, 1.165) is 10.9 Å². The van der Waals surface area contributed by atoms with Crippen molar-refractivity contribution in [2.45, 2.75) is 0 Å². The second-order valence-corrected chi connectivity index (χ2v) is 2.55. The van der Waals surface area contributed by atoms with E-state index in [1.54, 1.807) is 6.07 Å². The summed E-state index contributed by atoms with van der Waals surface area (Å²) < 4.78 is 0. The Bertz CT molecular complexity index is 436. The number of H-pyrrole nitrogens is 1. The van der Waals surface area contributed by atoms with Crippen molar-refractivity contribution >= 4 is 46.4 Å². The molecule has 0 aliphatic carbocycles. The maximum Gasteiger partial charge on any atom is 0.337 e. The van der Waals surface area contributed by atoms with Crippen LogP contribution in [0, 0.1) is 0 Å². The van der Waals surface area contributed by atoms with E-state index in [0.29, 0.717) is 5.56 Å². The summed E-state index contributed by atoms with van der Waals surface area (Å²) in [6, 6.07) is 7.32. The Kier molecular flexibility index (Phi) is 3.14. The number of para-hydroxylation sites is 1. The third-order valence-corrected chi connectivity index (χ3v) is 1.82. The third kappa shape index (κ3) is 1.77. The fourth-order valence-electron chi connectivity index (χ4n) is 1.25. The Labute approximate surface area is 97.1 Å². The van der Waals surface area contributed by atoms with Crippen LogP contribution in [-0.4, -0.2) is 45.6 Å². The quantitative estimate of drug-likeness (QED) is 0.659. The topological polar surface area (TPSA) is 53.1 Å². The number of aromatic nitrogens is 1. The number of hydrogen-bond donors (Lipinski definition) is 2. The van der Waals surface area contributed by atoms with Crippen molar-refractivity contribution in [2.24, 2.45) is 0 Å². The average molecular weight is 184 g/mol. The molecule has 4 heteroatoms. The first-order chi connectivity index (χ1) is 5.79. The summed E-state index contributed by atoms with van der Waals surface area (Å²) in [7, 11) is 0. The molecule has 2 aromatic rings. The van der Waals surface area contributed by atoms with Crippen molar-refractivity contribution in [3.05, 3.63) is 36.0 Å². The molecule has 0 bridgehead atoms. The van der Waals surface area contributed by atoms with E-state index in [4.69, 9.17) is 5.11 Å². The molecule has 61 valence electrons. The second kappa shape index (κ2) is 3.96. The number of carboxylic acids is 1. The van der Waals surface area contributed by atoms with Gasteiger partial charge in [-0.1, -0.05) is 18.2 Å². The van der Waals surface area contributed by atoms with Gasteiger partial charge in [0, 0.05) is 46.7 Å². The van der Waals surface area contributed by atoms with Crippen molar-refractivity contribution in [2.75, 3.05) is 0 Å². The van der Waals surface area contributed by atoms with Crippen molar-refractivity contribution in [3.8, 4) is 0 Å². The molecule has 0 saturated carbocycles. The molecule has 3 nitrogen and oxygen atoms in total. The van der Waals surface area contributed by atoms with Gasteiger partial charge in [0.2, 0.25) is 0 Å². The standard InChI is InChI=1S/C9H7NO2.Na/c11-9(12)7-5-10-8-4-2-1-3-6(7)8;/h1-5,10H,(H,11,12);. The fourth-order valence-corrected chi connectivity index (χ4v) is 1.25. The molecule has 0 fully saturated rings. The van der Waals surface area contributed by atoms with Crippen LogP contribution < -0.4 is 0 Å². The van der Waals surface area contributed by atoms with Gasteiger partial charge in [-0.25, -0.2) is 4.79 Å². The first-order valence-corrected chi connectivity index (χ1v) is 3.58. The van der Waals surface area contributed by atoms with Crippen molar-refractivity contribution in [3.63, 3.8) is 0 Å². The van der Waals surface area contributed by atoms with E-state index in [-0.39, 0.29) is 29.6 Å². The first-order valence-electron chi connectivity index (χ1n) is 3.58. The molecule has 1 heterocycles. The summed E-state index contributed by atoms with van der Waals surface area (Å²) in [5.41, 5.74) is 1.18. The molecule has 1 aromatic heterocycles. The molecule has 0 aliphatic rings. The van der Waals surface area contributed by atoms with Crippen LogP contribution in [0.3, 0.4) is 0 Å². The van der Waals surface area contributed by atoms with Crippen molar-refractivity contribution in [1.29, 1.82) is 0 Å². The Morgan fingerprint density at radius 2 is 2.00 bits per heavy atom. The Hall–Kier alpha value is -0.770. The van der Waals surface area contributed by atoms with Crippen LogP contribution in [0.15, 0.2) is 30.5 Å². The smallest absolute Gasteiger partial charge is 0.337 e. The second-order valence-electron chi connectivity index (χ2n) is 2.55. The Morgan fingerprint density at radius 3 is 2.69 bits per heavy atom. The summed E-state index contributed by atoms with van der Waals surface area (Å²) in [5, 5.41) is 9.51. The number of nitrogens with one attached hydrogen (secondary N) is 1. The zero-order valence-corrected chi connectivity index (χ0v) is 9.24. The van der Waals surface area contributed by atoms with Crippen molar-refractivity contribution < 1.29 is 9.90 Å². The average Bonchev–Trinajstić information content (AvgIpc) is 2.47. The van der Waals surface area contributed by atoms with E-state index in [9.17, 15) is 4.79 Å². The normalized spacial score (nSPS) is 9.54. The largest absolute Gasteiger partial charge is 0.478 e. The molecule has 0 atom stereocenters. The van der Waals surface area contributed by atoms with Crippen LogP contribution in [0.25, 0.3) is 10.9 Å². The van der Waals surface area contributed by atoms with E-state index < -0.39 is 5.97 Å². The molecule has 0 aliphatic heterocycles.